The Kier molecular flexibility index (Phi) is 3.60. The lowest BCUT2D eigenvalue weighted by Crippen LogP contribution is -2.39. The maximum Gasteiger partial charge on any atom is 0.267 e. The first-order valence-corrected chi connectivity index (χ1v) is 6.96. The SMILES string of the molecule is CC(Oc1ccc(F)cc1)C(=O)N1CCc2ccccc21. The maximum absolute atomic E-state index is 12.9. The quantitative estimate of drug-likeness (QED) is 0.867. The lowest BCUT2D eigenvalue weighted by atomic mass is 10.2. The molecule has 4 heteroatoms. The number of ether oxygens (including phenoxy) is 1. The van der Waals surface area contributed by atoms with Gasteiger partial charge >= 0.3 is 0 Å². The van der Waals surface area contributed by atoms with Crippen molar-refractivity contribution in [3.05, 3.63) is 59.9 Å². The molecule has 21 heavy (non-hydrogen) atoms. The van der Waals surface area contributed by atoms with E-state index in [1.165, 1.54) is 29.8 Å². The van der Waals surface area contributed by atoms with Gasteiger partial charge in [0.15, 0.2) is 6.10 Å². The second-order valence-electron chi connectivity index (χ2n) is 5.08. The van der Waals surface area contributed by atoms with Gasteiger partial charge in [-0.1, -0.05) is 18.2 Å². The van der Waals surface area contributed by atoms with E-state index in [-0.39, 0.29) is 11.7 Å². The number of halogens is 1. The first-order valence-electron chi connectivity index (χ1n) is 6.96. The van der Waals surface area contributed by atoms with Crippen LogP contribution in [0.15, 0.2) is 48.5 Å². The molecule has 0 saturated heterocycles. The van der Waals surface area contributed by atoms with Crippen molar-refractivity contribution in [3.63, 3.8) is 0 Å². The molecule has 2 aromatic carbocycles. The molecule has 1 unspecified atom stereocenters. The van der Waals surface area contributed by atoms with Gasteiger partial charge in [0.25, 0.3) is 5.91 Å². The fourth-order valence-corrected chi connectivity index (χ4v) is 2.55. The highest BCUT2D eigenvalue weighted by molar-refractivity contribution is 5.98. The minimum Gasteiger partial charge on any atom is -0.481 e. The average Bonchev–Trinajstić information content (AvgIpc) is 2.92. The molecule has 3 nitrogen and oxygen atoms in total. The van der Waals surface area contributed by atoms with Crippen molar-refractivity contribution in [2.24, 2.45) is 0 Å². The van der Waals surface area contributed by atoms with Gasteiger partial charge in [-0.15, -0.1) is 0 Å². The van der Waals surface area contributed by atoms with E-state index in [9.17, 15) is 9.18 Å². The van der Waals surface area contributed by atoms with E-state index in [2.05, 4.69) is 0 Å². The zero-order valence-electron chi connectivity index (χ0n) is 11.8. The summed E-state index contributed by atoms with van der Waals surface area (Å²) in [5.74, 6) is 0.0869. The van der Waals surface area contributed by atoms with E-state index >= 15 is 0 Å². The molecule has 1 amide bonds. The minimum absolute atomic E-state index is 0.0794. The molecule has 0 radical (unpaired) electrons. The molecule has 1 aliphatic heterocycles. The molecule has 2 aromatic rings. The highest BCUT2D eigenvalue weighted by Gasteiger charge is 2.28. The van der Waals surface area contributed by atoms with E-state index < -0.39 is 6.10 Å². The summed E-state index contributed by atoms with van der Waals surface area (Å²) in [6.45, 7) is 2.39. The first kappa shape index (κ1) is 13.6. The van der Waals surface area contributed by atoms with Crippen molar-refractivity contribution in [3.8, 4) is 5.75 Å². The number of benzene rings is 2. The Labute approximate surface area is 123 Å². The number of carbonyl (C=O) groups excluding carboxylic acids is 1. The molecule has 108 valence electrons. The normalized spacial score (nSPS) is 14.7. The second kappa shape index (κ2) is 5.56. The van der Waals surface area contributed by atoms with Crippen molar-refractivity contribution in [2.45, 2.75) is 19.4 Å². The number of rotatable bonds is 3. The van der Waals surface area contributed by atoms with Crippen molar-refractivity contribution in [2.75, 3.05) is 11.4 Å². The Bertz CT molecular complexity index is 654. The summed E-state index contributed by atoms with van der Waals surface area (Å²) in [5.41, 5.74) is 2.14. The van der Waals surface area contributed by atoms with Crippen LogP contribution >= 0.6 is 0 Å². The van der Waals surface area contributed by atoms with Gasteiger partial charge in [-0.05, 0) is 49.2 Å². The van der Waals surface area contributed by atoms with E-state index in [1.807, 2.05) is 24.3 Å². The molecule has 1 heterocycles. The fraction of sp³-hybridized carbons (Fsp3) is 0.235. The molecular formula is C17H16FNO2. The number of carbonyl (C=O) groups is 1. The van der Waals surface area contributed by atoms with Crippen LogP contribution in [0.5, 0.6) is 5.75 Å². The van der Waals surface area contributed by atoms with Crippen LogP contribution in [0.1, 0.15) is 12.5 Å². The Hall–Kier alpha value is -2.36. The van der Waals surface area contributed by atoms with Gasteiger partial charge in [0.05, 0.1) is 0 Å². The number of amides is 1. The lowest BCUT2D eigenvalue weighted by Gasteiger charge is -2.22. The van der Waals surface area contributed by atoms with Gasteiger partial charge < -0.3 is 9.64 Å². The molecule has 0 N–H and O–H groups in total. The molecule has 0 spiro atoms. The third-order valence-corrected chi connectivity index (χ3v) is 3.63. The minimum atomic E-state index is -0.610. The lowest BCUT2D eigenvalue weighted by molar-refractivity contribution is -0.124. The van der Waals surface area contributed by atoms with Crippen LogP contribution in [0.3, 0.4) is 0 Å². The van der Waals surface area contributed by atoms with Gasteiger partial charge in [0.2, 0.25) is 0 Å². The van der Waals surface area contributed by atoms with Crippen molar-refractivity contribution >= 4 is 11.6 Å². The van der Waals surface area contributed by atoms with E-state index in [1.54, 1.807) is 11.8 Å². The number of nitrogens with zero attached hydrogens (tertiary/aromatic N) is 1. The van der Waals surface area contributed by atoms with Crippen molar-refractivity contribution < 1.29 is 13.9 Å². The predicted octanol–water partition coefficient (Wildman–Crippen LogP) is 3.18. The molecule has 3 rings (SSSR count). The number of para-hydroxylation sites is 1. The van der Waals surface area contributed by atoms with Crippen LogP contribution in [-0.4, -0.2) is 18.6 Å². The maximum atomic E-state index is 12.9. The third-order valence-electron chi connectivity index (χ3n) is 3.63. The summed E-state index contributed by atoms with van der Waals surface area (Å²) >= 11 is 0. The molecule has 0 saturated carbocycles. The van der Waals surface area contributed by atoms with Crippen LogP contribution in [0.25, 0.3) is 0 Å². The molecular weight excluding hydrogens is 269 g/mol. The van der Waals surface area contributed by atoms with Crippen molar-refractivity contribution in [1.82, 2.24) is 0 Å². The number of fused-ring (bicyclic) bond motifs is 1. The zero-order chi connectivity index (χ0) is 14.8. The fourth-order valence-electron chi connectivity index (χ4n) is 2.55. The van der Waals surface area contributed by atoms with Gasteiger partial charge in [0, 0.05) is 12.2 Å². The van der Waals surface area contributed by atoms with Crippen LogP contribution < -0.4 is 9.64 Å². The molecule has 0 bridgehead atoms. The van der Waals surface area contributed by atoms with Gasteiger partial charge in [-0.25, -0.2) is 4.39 Å². The summed E-state index contributed by atoms with van der Waals surface area (Å²) in [7, 11) is 0. The Morgan fingerprint density at radius 3 is 2.67 bits per heavy atom. The van der Waals surface area contributed by atoms with Crippen LogP contribution in [0, 0.1) is 5.82 Å². The molecule has 0 aromatic heterocycles. The standard InChI is InChI=1S/C17H16FNO2/c1-12(21-15-8-6-14(18)7-9-15)17(20)19-11-10-13-4-2-3-5-16(13)19/h2-9,12H,10-11H2,1H3. The second-order valence-corrected chi connectivity index (χ2v) is 5.08. The Morgan fingerprint density at radius 2 is 1.90 bits per heavy atom. The summed E-state index contributed by atoms with van der Waals surface area (Å²) in [4.78, 5) is 14.3. The van der Waals surface area contributed by atoms with E-state index in [0.717, 1.165) is 12.1 Å². The zero-order valence-corrected chi connectivity index (χ0v) is 11.8. The number of hydrogen-bond acceptors (Lipinski definition) is 2. The monoisotopic (exact) mass is 285 g/mol. The van der Waals surface area contributed by atoms with Crippen LogP contribution in [-0.2, 0) is 11.2 Å². The highest BCUT2D eigenvalue weighted by Crippen LogP contribution is 2.28. The molecule has 1 atom stereocenters. The Balaban J connectivity index is 1.72. The average molecular weight is 285 g/mol. The first-order chi connectivity index (χ1) is 10.1. The molecule has 0 aliphatic carbocycles. The van der Waals surface area contributed by atoms with Crippen LogP contribution in [0.2, 0.25) is 0 Å². The summed E-state index contributed by atoms with van der Waals surface area (Å²) in [5, 5.41) is 0. The van der Waals surface area contributed by atoms with Crippen molar-refractivity contribution in [1.29, 1.82) is 0 Å². The van der Waals surface area contributed by atoms with Gasteiger partial charge in [-0.3, -0.25) is 4.79 Å². The summed E-state index contributed by atoms with van der Waals surface area (Å²) in [6, 6.07) is 13.6. The predicted molar refractivity (Wildman–Crippen MR) is 79.0 cm³/mol. The summed E-state index contributed by atoms with van der Waals surface area (Å²) < 4.78 is 18.5. The number of hydrogen-bond donors (Lipinski definition) is 0. The largest absolute Gasteiger partial charge is 0.481 e. The smallest absolute Gasteiger partial charge is 0.267 e. The number of anilines is 1. The van der Waals surface area contributed by atoms with Crippen LogP contribution in [0.4, 0.5) is 10.1 Å². The summed E-state index contributed by atoms with van der Waals surface area (Å²) in [6.07, 6.45) is 0.257. The third kappa shape index (κ3) is 2.75. The highest BCUT2D eigenvalue weighted by atomic mass is 19.1. The van der Waals surface area contributed by atoms with Gasteiger partial charge in [-0.2, -0.15) is 0 Å². The topological polar surface area (TPSA) is 29.5 Å². The molecule has 1 aliphatic rings. The van der Waals surface area contributed by atoms with E-state index in [4.69, 9.17) is 4.74 Å². The molecule has 0 fully saturated rings. The van der Waals surface area contributed by atoms with Gasteiger partial charge in [0.1, 0.15) is 11.6 Å². The van der Waals surface area contributed by atoms with E-state index in [0.29, 0.717) is 12.3 Å². The Morgan fingerprint density at radius 1 is 1.19 bits per heavy atom.